The molecule has 0 aliphatic rings. The van der Waals surface area contributed by atoms with Gasteiger partial charge in [-0.3, -0.25) is 0 Å². The third-order valence-corrected chi connectivity index (χ3v) is 3.24. The van der Waals surface area contributed by atoms with Crippen molar-refractivity contribution in [2.75, 3.05) is 20.3 Å². The van der Waals surface area contributed by atoms with Gasteiger partial charge in [0, 0.05) is 16.1 Å². The maximum Gasteiger partial charge on any atom is 0.125 e. The predicted octanol–water partition coefficient (Wildman–Crippen LogP) is 3.92. The van der Waals surface area contributed by atoms with Gasteiger partial charge in [-0.1, -0.05) is 22.0 Å². The molecule has 1 rings (SSSR count). The smallest absolute Gasteiger partial charge is 0.125 e. The Bertz CT molecular complexity index is 402. The largest absolute Gasteiger partial charge is 0.491 e. The zero-order valence-electron chi connectivity index (χ0n) is 12.4. The Morgan fingerprint density at radius 1 is 1.26 bits per heavy atom. The van der Waals surface area contributed by atoms with Crippen molar-refractivity contribution in [1.29, 1.82) is 0 Å². The number of benzene rings is 1. The third-order valence-electron chi connectivity index (χ3n) is 2.75. The summed E-state index contributed by atoms with van der Waals surface area (Å²) in [7, 11) is 1.94. The average Bonchev–Trinajstić information content (AvgIpc) is 2.33. The monoisotopic (exact) mass is 329 g/mol. The lowest BCUT2D eigenvalue weighted by Gasteiger charge is -2.21. The molecule has 0 saturated carbocycles. The van der Waals surface area contributed by atoms with Crippen LogP contribution in [0.2, 0.25) is 0 Å². The van der Waals surface area contributed by atoms with Crippen molar-refractivity contribution < 1.29 is 9.47 Å². The van der Waals surface area contributed by atoms with Gasteiger partial charge in [0.2, 0.25) is 0 Å². The van der Waals surface area contributed by atoms with Gasteiger partial charge in [-0.25, -0.2) is 0 Å². The molecule has 0 spiro atoms. The molecular weight excluding hydrogens is 306 g/mol. The summed E-state index contributed by atoms with van der Waals surface area (Å²) in [6.45, 7) is 9.38. The van der Waals surface area contributed by atoms with E-state index in [1.807, 2.05) is 40.0 Å². The van der Waals surface area contributed by atoms with Crippen molar-refractivity contribution in [2.24, 2.45) is 0 Å². The van der Waals surface area contributed by atoms with Crippen LogP contribution in [0.5, 0.6) is 5.75 Å². The first-order chi connectivity index (χ1) is 8.83. The van der Waals surface area contributed by atoms with Crippen molar-refractivity contribution in [3.8, 4) is 5.75 Å². The standard InChI is InChI=1S/C15H24BrNO2/c1-11(17-5)13-7-6-12(16)10-14(13)18-8-9-19-15(2,3)4/h6-7,10-11,17H,8-9H2,1-5H3. The van der Waals surface area contributed by atoms with E-state index in [1.54, 1.807) is 0 Å². The molecule has 0 heterocycles. The van der Waals surface area contributed by atoms with Gasteiger partial charge in [-0.2, -0.15) is 0 Å². The molecule has 0 aliphatic carbocycles. The van der Waals surface area contributed by atoms with Crippen LogP contribution in [0.4, 0.5) is 0 Å². The minimum absolute atomic E-state index is 0.123. The molecule has 1 aromatic carbocycles. The van der Waals surface area contributed by atoms with Crippen LogP contribution in [0.1, 0.15) is 39.3 Å². The van der Waals surface area contributed by atoms with Crippen LogP contribution in [0, 0.1) is 0 Å². The highest BCUT2D eigenvalue weighted by Gasteiger charge is 2.12. The first kappa shape index (κ1) is 16.5. The number of halogens is 1. The lowest BCUT2D eigenvalue weighted by atomic mass is 10.1. The molecule has 19 heavy (non-hydrogen) atoms. The van der Waals surface area contributed by atoms with E-state index in [0.29, 0.717) is 13.2 Å². The SMILES string of the molecule is CNC(C)c1ccc(Br)cc1OCCOC(C)(C)C. The van der Waals surface area contributed by atoms with Crippen LogP contribution < -0.4 is 10.1 Å². The first-order valence-corrected chi connectivity index (χ1v) is 7.36. The second-order valence-electron chi connectivity index (χ2n) is 5.50. The molecule has 1 atom stereocenters. The lowest BCUT2D eigenvalue weighted by Crippen LogP contribution is -2.23. The summed E-state index contributed by atoms with van der Waals surface area (Å²) in [5, 5.41) is 3.23. The Kier molecular flexibility index (Phi) is 6.30. The molecule has 1 aromatic rings. The fourth-order valence-electron chi connectivity index (χ4n) is 1.65. The van der Waals surface area contributed by atoms with Crippen molar-refractivity contribution in [3.63, 3.8) is 0 Å². The Morgan fingerprint density at radius 2 is 1.95 bits per heavy atom. The summed E-state index contributed by atoms with van der Waals surface area (Å²) in [5.41, 5.74) is 1.03. The highest BCUT2D eigenvalue weighted by Crippen LogP contribution is 2.28. The molecule has 0 aliphatic heterocycles. The quantitative estimate of drug-likeness (QED) is 0.802. The highest BCUT2D eigenvalue weighted by atomic mass is 79.9. The Hall–Kier alpha value is -0.580. The van der Waals surface area contributed by atoms with Gasteiger partial charge in [-0.05, 0) is 46.9 Å². The molecule has 3 nitrogen and oxygen atoms in total. The van der Waals surface area contributed by atoms with Crippen LogP contribution >= 0.6 is 15.9 Å². The van der Waals surface area contributed by atoms with Crippen LogP contribution in [0.25, 0.3) is 0 Å². The molecule has 0 bridgehead atoms. The van der Waals surface area contributed by atoms with Crippen LogP contribution in [-0.2, 0) is 4.74 Å². The summed E-state index contributed by atoms with van der Waals surface area (Å²) in [6.07, 6.45) is 0. The van der Waals surface area contributed by atoms with E-state index in [1.165, 1.54) is 0 Å². The third kappa shape index (κ3) is 5.93. The van der Waals surface area contributed by atoms with Gasteiger partial charge in [-0.15, -0.1) is 0 Å². The molecule has 0 saturated heterocycles. The van der Waals surface area contributed by atoms with Gasteiger partial charge in [0.1, 0.15) is 12.4 Å². The molecule has 0 amide bonds. The summed E-state index contributed by atoms with van der Waals surface area (Å²) < 4.78 is 12.5. The number of ether oxygens (including phenoxy) is 2. The molecule has 1 unspecified atom stereocenters. The van der Waals surface area contributed by atoms with Gasteiger partial charge >= 0.3 is 0 Å². The van der Waals surface area contributed by atoms with Crippen molar-refractivity contribution >= 4 is 15.9 Å². The van der Waals surface area contributed by atoms with Crippen LogP contribution in [-0.4, -0.2) is 25.9 Å². The molecule has 1 N–H and O–H groups in total. The van der Waals surface area contributed by atoms with Crippen LogP contribution in [0.15, 0.2) is 22.7 Å². The zero-order valence-corrected chi connectivity index (χ0v) is 14.0. The molecule has 108 valence electrons. The van der Waals surface area contributed by atoms with E-state index in [0.717, 1.165) is 15.8 Å². The molecular formula is C15H24BrNO2. The summed E-state index contributed by atoms with van der Waals surface area (Å²) in [6, 6.07) is 6.36. The van der Waals surface area contributed by atoms with Crippen LogP contribution in [0.3, 0.4) is 0 Å². The second kappa shape index (κ2) is 7.27. The minimum Gasteiger partial charge on any atom is -0.491 e. The fraction of sp³-hybridized carbons (Fsp3) is 0.600. The summed E-state index contributed by atoms with van der Waals surface area (Å²) in [4.78, 5) is 0. The normalized spacial score (nSPS) is 13.4. The van der Waals surface area contributed by atoms with Gasteiger partial charge in [0.25, 0.3) is 0 Å². The Morgan fingerprint density at radius 3 is 2.53 bits per heavy atom. The average molecular weight is 330 g/mol. The van der Waals surface area contributed by atoms with Gasteiger partial charge in [0.05, 0.1) is 12.2 Å². The van der Waals surface area contributed by atoms with E-state index < -0.39 is 0 Å². The highest BCUT2D eigenvalue weighted by molar-refractivity contribution is 9.10. The fourth-order valence-corrected chi connectivity index (χ4v) is 1.99. The van der Waals surface area contributed by atoms with E-state index in [2.05, 4.69) is 34.2 Å². The minimum atomic E-state index is -0.123. The molecule has 4 heteroatoms. The van der Waals surface area contributed by atoms with Crippen molar-refractivity contribution in [1.82, 2.24) is 5.32 Å². The maximum atomic E-state index is 5.84. The lowest BCUT2D eigenvalue weighted by molar-refractivity contribution is -0.0164. The maximum absolute atomic E-state index is 5.84. The molecule has 0 fully saturated rings. The molecule has 0 aromatic heterocycles. The van der Waals surface area contributed by atoms with Gasteiger partial charge < -0.3 is 14.8 Å². The van der Waals surface area contributed by atoms with E-state index >= 15 is 0 Å². The number of nitrogens with one attached hydrogen (secondary N) is 1. The summed E-state index contributed by atoms with van der Waals surface area (Å²) >= 11 is 3.48. The number of rotatable bonds is 6. The summed E-state index contributed by atoms with van der Waals surface area (Å²) in [5.74, 6) is 0.897. The Labute approximate surface area is 124 Å². The van der Waals surface area contributed by atoms with Gasteiger partial charge in [0.15, 0.2) is 0 Å². The van der Waals surface area contributed by atoms with E-state index in [-0.39, 0.29) is 11.6 Å². The first-order valence-electron chi connectivity index (χ1n) is 6.57. The van der Waals surface area contributed by atoms with Crippen molar-refractivity contribution in [2.45, 2.75) is 39.3 Å². The van der Waals surface area contributed by atoms with Crippen molar-refractivity contribution in [3.05, 3.63) is 28.2 Å². The second-order valence-corrected chi connectivity index (χ2v) is 6.42. The molecule has 0 radical (unpaired) electrons. The topological polar surface area (TPSA) is 30.5 Å². The van der Waals surface area contributed by atoms with E-state index in [9.17, 15) is 0 Å². The Balaban J connectivity index is 2.63. The van der Waals surface area contributed by atoms with E-state index in [4.69, 9.17) is 9.47 Å². The predicted molar refractivity (Wildman–Crippen MR) is 82.8 cm³/mol. The zero-order chi connectivity index (χ0) is 14.5. The number of hydrogen-bond acceptors (Lipinski definition) is 3. The number of hydrogen-bond donors (Lipinski definition) is 1.